The van der Waals surface area contributed by atoms with Crippen LogP contribution in [0, 0.1) is 13.8 Å². The van der Waals surface area contributed by atoms with Gasteiger partial charge in [-0.3, -0.25) is 0 Å². The predicted octanol–water partition coefficient (Wildman–Crippen LogP) is 8.00. The molecule has 6 aromatic carbocycles. The van der Waals surface area contributed by atoms with Crippen molar-refractivity contribution in [3.8, 4) is 11.1 Å². The Bertz CT molecular complexity index is 1690. The molecule has 0 spiro atoms. The lowest BCUT2D eigenvalue weighted by Crippen LogP contribution is -2.54. The molecule has 1 aliphatic heterocycles. The van der Waals surface area contributed by atoms with E-state index in [1.54, 1.807) is 0 Å². The van der Waals surface area contributed by atoms with E-state index < -0.39 is 0 Å². The smallest absolute Gasteiger partial charge is 0.390 e. The highest BCUT2D eigenvalue weighted by atomic mass is 15.3. The SMILES string of the molecule is Cc1ccc(C)c(-c2c3ccccc3c(B3N(c4ccccc4)CCN3c3ccccc3)c3ccccc23)c1. The number of para-hydroxylation sites is 2. The lowest BCUT2D eigenvalue weighted by molar-refractivity contribution is 1.02. The van der Waals surface area contributed by atoms with Gasteiger partial charge in [0, 0.05) is 24.5 Å². The standard InChI is InChI=1S/C36H31BN2/c1-26-21-22-27(2)34(25-26)35-30-17-9-11-19-32(30)36(33-20-12-10-18-31(33)35)37-38(28-13-5-3-6-14-28)23-24-39(37)29-15-7-4-8-16-29/h3-22,25H,23-24H2,1-2H3. The van der Waals surface area contributed by atoms with Gasteiger partial charge in [0.25, 0.3) is 0 Å². The normalized spacial score (nSPS) is 13.5. The Labute approximate surface area is 231 Å². The highest BCUT2D eigenvalue weighted by Gasteiger charge is 2.41. The van der Waals surface area contributed by atoms with Crippen molar-refractivity contribution in [2.45, 2.75) is 13.8 Å². The fraction of sp³-hybridized carbons (Fsp3) is 0.111. The summed E-state index contributed by atoms with van der Waals surface area (Å²) in [6.45, 7) is 6.42. The molecule has 0 aliphatic carbocycles. The number of hydrogen-bond acceptors (Lipinski definition) is 2. The molecule has 188 valence electrons. The summed E-state index contributed by atoms with van der Waals surface area (Å²) in [6.07, 6.45) is 0. The molecule has 7 rings (SSSR count). The van der Waals surface area contributed by atoms with Crippen LogP contribution < -0.4 is 15.1 Å². The van der Waals surface area contributed by atoms with Crippen molar-refractivity contribution in [3.63, 3.8) is 0 Å². The number of aryl methyl sites for hydroxylation is 2. The van der Waals surface area contributed by atoms with Crippen LogP contribution in [0.3, 0.4) is 0 Å². The molecule has 6 aromatic rings. The molecule has 1 saturated heterocycles. The Kier molecular flexibility index (Phi) is 5.85. The molecule has 0 atom stereocenters. The van der Waals surface area contributed by atoms with Crippen molar-refractivity contribution in [3.05, 3.63) is 139 Å². The van der Waals surface area contributed by atoms with Crippen LogP contribution in [-0.2, 0) is 0 Å². The van der Waals surface area contributed by atoms with Gasteiger partial charge in [-0.15, -0.1) is 0 Å². The quantitative estimate of drug-likeness (QED) is 0.178. The van der Waals surface area contributed by atoms with Crippen molar-refractivity contribution >= 4 is 45.4 Å². The first-order valence-electron chi connectivity index (χ1n) is 13.8. The van der Waals surface area contributed by atoms with E-state index in [1.807, 2.05) is 0 Å². The van der Waals surface area contributed by atoms with Gasteiger partial charge >= 0.3 is 6.98 Å². The highest BCUT2D eigenvalue weighted by molar-refractivity contribution is 6.85. The van der Waals surface area contributed by atoms with E-state index in [0.29, 0.717) is 0 Å². The third-order valence-electron chi connectivity index (χ3n) is 8.24. The van der Waals surface area contributed by atoms with Crippen molar-refractivity contribution < 1.29 is 0 Å². The van der Waals surface area contributed by atoms with Gasteiger partial charge in [0.15, 0.2) is 0 Å². The first kappa shape index (κ1) is 23.6. The molecule has 0 aromatic heterocycles. The summed E-state index contributed by atoms with van der Waals surface area (Å²) < 4.78 is 0. The summed E-state index contributed by atoms with van der Waals surface area (Å²) in [7, 11) is 0. The number of fused-ring (bicyclic) bond motifs is 2. The van der Waals surface area contributed by atoms with Gasteiger partial charge in [0.1, 0.15) is 0 Å². The van der Waals surface area contributed by atoms with E-state index in [2.05, 4.69) is 151 Å². The molecular formula is C36H31BN2. The predicted molar refractivity (Wildman–Crippen MR) is 169 cm³/mol. The topological polar surface area (TPSA) is 6.48 Å². The largest absolute Gasteiger partial charge is 0.412 e. The number of hydrogen-bond donors (Lipinski definition) is 0. The van der Waals surface area contributed by atoms with E-state index in [-0.39, 0.29) is 6.98 Å². The third kappa shape index (κ3) is 3.97. The number of anilines is 2. The van der Waals surface area contributed by atoms with Crippen LogP contribution in [0.25, 0.3) is 32.7 Å². The fourth-order valence-electron chi connectivity index (χ4n) is 6.46. The van der Waals surface area contributed by atoms with Gasteiger partial charge < -0.3 is 9.62 Å². The monoisotopic (exact) mass is 502 g/mol. The third-order valence-corrected chi connectivity index (χ3v) is 8.24. The number of rotatable bonds is 4. The minimum atomic E-state index is 0.0669. The van der Waals surface area contributed by atoms with Crippen LogP contribution in [0.15, 0.2) is 127 Å². The van der Waals surface area contributed by atoms with Gasteiger partial charge in [0.2, 0.25) is 0 Å². The van der Waals surface area contributed by atoms with Gasteiger partial charge in [0.05, 0.1) is 0 Å². The fourth-order valence-corrected chi connectivity index (χ4v) is 6.46. The average molecular weight is 502 g/mol. The molecule has 1 heterocycles. The molecule has 0 amide bonds. The maximum Gasteiger partial charge on any atom is 0.412 e. The summed E-state index contributed by atoms with van der Waals surface area (Å²) in [6, 6.07) is 46.7. The maximum atomic E-state index is 2.58. The van der Waals surface area contributed by atoms with Crippen LogP contribution in [0.2, 0.25) is 0 Å². The molecule has 39 heavy (non-hydrogen) atoms. The van der Waals surface area contributed by atoms with Crippen LogP contribution >= 0.6 is 0 Å². The molecule has 0 N–H and O–H groups in total. The molecular weight excluding hydrogens is 471 g/mol. The Hall–Kier alpha value is -4.50. The van der Waals surface area contributed by atoms with E-state index in [4.69, 9.17) is 0 Å². The first-order chi connectivity index (χ1) is 19.2. The Morgan fingerprint density at radius 3 is 1.49 bits per heavy atom. The van der Waals surface area contributed by atoms with Gasteiger partial charge in [-0.1, -0.05) is 109 Å². The zero-order chi connectivity index (χ0) is 26.3. The van der Waals surface area contributed by atoms with Gasteiger partial charge in [-0.25, -0.2) is 0 Å². The van der Waals surface area contributed by atoms with Crippen molar-refractivity contribution in [2.24, 2.45) is 0 Å². The summed E-state index contributed by atoms with van der Waals surface area (Å²) in [4.78, 5) is 5.16. The first-order valence-corrected chi connectivity index (χ1v) is 13.8. The minimum Gasteiger partial charge on any atom is -0.390 e. The summed E-state index contributed by atoms with van der Waals surface area (Å²) >= 11 is 0. The van der Waals surface area contributed by atoms with Crippen LogP contribution in [-0.4, -0.2) is 20.1 Å². The highest BCUT2D eigenvalue weighted by Crippen LogP contribution is 2.39. The van der Waals surface area contributed by atoms with E-state index in [9.17, 15) is 0 Å². The van der Waals surface area contributed by atoms with Crippen LogP contribution in [0.4, 0.5) is 11.4 Å². The second kappa shape index (κ2) is 9.67. The average Bonchev–Trinajstić information content (AvgIpc) is 3.43. The van der Waals surface area contributed by atoms with Gasteiger partial charge in [-0.2, -0.15) is 0 Å². The van der Waals surface area contributed by atoms with E-state index in [1.165, 1.54) is 60.6 Å². The number of benzene rings is 6. The zero-order valence-corrected chi connectivity index (χ0v) is 22.5. The molecule has 2 nitrogen and oxygen atoms in total. The second-order valence-corrected chi connectivity index (χ2v) is 10.6. The van der Waals surface area contributed by atoms with Crippen molar-refractivity contribution in [1.82, 2.24) is 0 Å². The second-order valence-electron chi connectivity index (χ2n) is 10.6. The lowest BCUT2D eigenvalue weighted by Gasteiger charge is -2.32. The molecule has 1 fully saturated rings. The van der Waals surface area contributed by atoms with Crippen molar-refractivity contribution in [1.29, 1.82) is 0 Å². The minimum absolute atomic E-state index is 0.0669. The Morgan fingerprint density at radius 1 is 0.513 bits per heavy atom. The molecule has 0 bridgehead atoms. The molecule has 1 aliphatic rings. The summed E-state index contributed by atoms with van der Waals surface area (Å²) in [5, 5.41) is 5.27. The van der Waals surface area contributed by atoms with E-state index >= 15 is 0 Å². The zero-order valence-electron chi connectivity index (χ0n) is 22.5. The molecule has 0 unspecified atom stereocenters. The van der Waals surface area contributed by atoms with Gasteiger partial charge in [-0.05, 0) is 81.8 Å². The molecule has 3 heteroatoms. The Morgan fingerprint density at radius 2 is 0.974 bits per heavy atom. The van der Waals surface area contributed by atoms with E-state index in [0.717, 1.165) is 13.1 Å². The van der Waals surface area contributed by atoms with Crippen LogP contribution in [0.1, 0.15) is 11.1 Å². The van der Waals surface area contributed by atoms with Crippen molar-refractivity contribution in [2.75, 3.05) is 22.7 Å². The lowest BCUT2D eigenvalue weighted by atomic mass is 9.61. The maximum absolute atomic E-state index is 2.58. The Balaban J connectivity index is 1.58. The number of nitrogens with zero attached hydrogens (tertiary/aromatic N) is 2. The summed E-state index contributed by atoms with van der Waals surface area (Å²) in [5.74, 6) is 0. The summed E-state index contributed by atoms with van der Waals surface area (Å²) in [5.41, 5.74) is 9.14. The molecule has 0 saturated carbocycles. The molecule has 0 radical (unpaired) electrons. The van der Waals surface area contributed by atoms with Crippen LogP contribution in [0.5, 0.6) is 0 Å².